The van der Waals surface area contributed by atoms with E-state index in [2.05, 4.69) is 16.0 Å². The number of hydrogen-bond donors (Lipinski definition) is 1. The number of anilines is 1. The topological polar surface area (TPSA) is 96.3 Å². The number of carbonyl (C=O) groups excluding carboxylic acids is 3. The number of rotatable bonds is 9. The largest absolute Gasteiger partial charge is 0.469 e. The summed E-state index contributed by atoms with van der Waals surface area (Å²) in [6.45, 7) is 0. The molecule has 0 aliphatic carbocycles. The van der Waals surface area contributed by atoms with E-state index in [9.17, 15) is 14.4 Å². The fourth-order valence-corrected chi connectivity index (χ4v) is 2.12. The van der Waals surface area contributed by atoms with Crippen molar-refractivity contribution in [2.45, 2.75) is 32.1 Å². The molecule has 0 fully saturated rings. The Morgan fingerprint density at radius 3 is 2.48 bits per heavy atom. The third-order valence-electron chi connectivity index (χ3n) is 3.52. The van der Waals surface area contributed by atoms with Gasteiger partial charge in [-0.1, -0.05) is 12.1 Å². The Bertz CT molecular complexity index is 696. The fourth-order valence-electron chi connectivity index (χ4n) is 2.12. The van der Waals surface area contributed by atoms with Crippen molar-refractivity contribution in [1.82, 2.24) is 0 Å². The molecule has 0 aliphatic rings. The van der Waals surface area contributed by atoms with Crippen molar-refractivity contribution < 1.29 is 19.1 Å². The number of amides is 1. The number of ketones is 1. The Kier molecular flexibility index (Phi) is 8.46. The second-order valence-corrected chi connectivity index (χ2v) is 5.35. The summed E-state index contributed by atoms with van der Waals surface area (Å²) in [6.07, 6.45) is 6.99. The molecule has 0 bridgehead atoms. The number of nitrogens with zero attached hydrogens (tertiary/aromatic N) is 1. The van der Waals surface area contributed by atoms with Gasteiger partial charge in [-0.2, -0.15) is 5.26 Å². The minimum atomic E-state index is -1.37. The van der Waals surface area contributed by atoms with E-state index in [1.54, 1.807) is 18.2 Å². The normalized spacial score (nSPS) is 10.8. The summed E-state index contributed by atoms with van der Waals surface area (Å²) in [5.41, 5.74) is 1.50. The summed E-state index contributed by atoms with van der Waals surface area (Å²) < 4.78 is 4.58. The molecular formula is C19H20N2O4. The van der Waals surface area contributed by atoms with E-state index >= 15 is 0 Å². The maximum absolute atomic E-state index is 12.1. The SMILES string of the molecule is C#CCCC(=O)C(C#N)C(=O)Nc1ccc(CCCC(=O)OC)cc1. The first-order valence-electron chi connectivity index (χ1n) is 7.84. The predicted molar refractivity (Wildman–Crippen MR) is 92.2 cm³/mol. The van der Waals surface area contributed by atoms with Gasteiger partial charge < -0.3 is 10.1 Å². The molecule has 0 heterocycles. The van der Waals surface area contributed by atoms with Gasteiger partial charge in [0.05, 0.1) is 13.2 Å². The van der Waals surface area contributed by atoms with Gasteiger partial charge in [0.1, 0.15) is 0 Å². The molecular weight excluding hydrogens is 320 g/mol. The molecule has 25 heavy (non-hydrogen) atoms. The summed E-state index contributed by atoms with van der Waals surface area (Å²) in [7, 11) is 1.35. The number of benzene rings is 1. The number of carbonyl (C=O) groups is 3. The van der Waals surface area contributed by atoms with Gasteiger partial charge in [0.15, 0.2) is 11.7 Å². The molecule has 1 amide bonds. The highest BCUT2D eigenvalue weighted by atomic mass is 16.5. The zero-order valence-electron chi connectivity index (χ0n) is 14.1. The van der Waals surface area contributed by atoms with Gasteiger partial charge in [-0.25, -0.2) is 0 Å². The molecule has 0 spiro atoms. The summed E-state index contributed by atoms with van der Waals surface area (Å²) in [5.74, 6) is -0.460. The highest BCUT2D eigenvalue weighted by molar-refractivity contribution is 6.09. The lowest BCUT2D eigenvalue weighted by Crippen LogP contribution is -2.28. The Morgan fingerprint density at radius 2 is 1.92 bits per heavy atom. The molecule has 1 rings (SSSR count). The molecule has 6 heteroatoms. The van der Waals surface area contributed by atoms with Crippen LogP contribution in [0, 0.1) is 29.6 Å². The summed E-state index contributed by atoms with van der Waals surface area (Å²) in [4.78, 5) is 34.9. The molecule has 6 nitrogen and oxygen atoms in total. The third kappa shape index (κ3) is 6.88. The second-order valence-electron chi connectivity index (χ2n) is 5.35. The van der Waals surface area contributed by atoms with Gasteiger partial charge in [-0.3, -0.25) is 14.4 Å². The van der Waals surface area contributed by atoms with E-state index in [0.717, 1.165) is 5.56 Å². The first kappa shape index (κ1) is 19.9. The monoisotopic (exact) mass is 340 g/mol. The van der Waals surface area contributed by atoms with Crippen molar-refractivity contribution in [1.29, 1.82) is 5.26 Å². The van der Waals surface area contributed by atoms with E-state index in [-0.39, 0.29) is 18.8 Å². The van der Waals surface area contributed by atoms with Crippen LogP contribution in [0.2, 0.25) is 0 Å². The first-order valence-corrected chi connectivity index (χ1v) is 7.84. The van der Waals surface area contributed by atoms with E-state index in [0.29, 0.717) is 24.9 Å². The molecule has 1 unspecified atom stereocenters. The predicted octanol–water partition coefficient (Wildman–Crippen LogP) is 2.24. The second kappa shape index (κ2) is 10.6. The lowest BCUT2D eigenvalue weighted by molar-refractivity contribution is -0.140. The zero-order chi connectivity index (χ0) is 18.7. The van der Waals surface area contributed by atoms with Gasteiger partial charge in [0, 0.05) is 24.9 Å². The van der Waals surface area contributed by atoms with Crippen molar-refractivity contribution >= 4 is 23.3 Å². The summed E-state index contributed by atoms with van der Waals surface area (Å²) in [5, 5.41) is 11.6. The Balaban J connectivity index is 2.57. The summed E-state index contributed by atoms with van der Waals surface area (Å²) >= 11 is 0. The van der Waals surface area contributed by atoms with Crippen molar-refractivity contribution in [2.75, 3.05) is 12.4 Å². The number of Topliss-reactive ketones (excluding diaryl/α,β-unsaturated/α-hetero) is 1. The average molecular weight is 340 g/mol. The van der Waals surface area contributed by atoms with Crippen LogP contribution in [0.1, 0.15) is 31.2 Å². The maximum Gasteiger partial charge on any atom is 0.305 e. The molecule has 1 aromatic carbocycles. The number of terminal acetylenes is 1. The molecule has 0 aromatic heterocycles. The molecule has 0 aliphatic heterocycles. The fraction of sp³-hybridized carbons (Fsp3) is 0.368. The first-order chi connectivity index (χ1) is 12.0. The minimum absolute atomic E-state index is 0.00127. The van der Waals surface area contributed by atoms with Gasteiger partial charge >= 0.3 is 5.97 Å². The lowest BCUT2D eigenvalue weighted by atomic mass is 10.0. The van der Waals surface area contributed by atoms with Crippen LogP contribution in [0.25, 0.3) is 0 Å². The van der Waals surface area contributed by atoms with E-state index in [4.69, 9.17) is 11.7 Å². The van der Waals surface area contributed by atoms with Crippen LogP contribution < -0.4 is 5.32 Å². The summed E-state index contributed by atoms with van der Waals surface area (Å²) in [6, 6.07) is 8.71. The number of aryl methyl sites for hydroxylation is 1. The highest BCUT2D eigenvalue weighted by Crippen LogP contribution is 2.14. The van der Waals surface area contributed by atoms with Crippen LogP contribution in [0.5, 0.6) is 0 Å². The van der Waals surface area contributed by atoms with Crippen molar-refractivity contribution in [3.8, 4) is 18.4 Å². The number of nitriles is 1. The van der Waals surface area contributed by atoms with Gasteiger partial charge in [0.25, 0.3) is 0 Å². The molecule has 130 valence electrons. The van der Waals surface area contributed by atoms with Crippen LogP contribution in [0.15, 0.2) is 24.3 Å². The van der Waals surface area contributed by atoms with Crippen molar-refractivity contribution in [3.63, 3.8) is 0 Å². The van der Waals surface area contributed by atoms with Gasteiger partial charge in [-0.05, 0) is 30.5 Å². The van der Waals surface area contributed by atoms with Gasteiger partial charge in [0.2, 0.25) is 5.91 Å². The molecule has 0 saturated heterocycles. The third-order valence-corrected chi connectivity index (χ3v) is 3.52. The van der Waals surface area contributed by atoms with E-state index < -0.39 is 17.6 Å². The smallest absolute Gasteiger partial charge is 0.305 e. The van der Waals surface area contributed by atoms with Gasteiger partial charge in [-0.15, -0.1) is 12.3 Å². The number of esters is 1. The molecule has 1 aromatic rings. The number of nitrogens with one attached hydrogen (secondary N) is 1. The minimum Gasteiger partial charge on any atom is -0.469 e. The number of ether oxygens (including phenoxy) is 1. The van der Waals surface area contributed by atoms with Crippen LogP contribution in [-0.2, 0) is 25.5 Å². The Morgan fingerprint density at radius 1 is 1.24 bits per heavy atom. The van der Waals surface area contributed by atoms with E-state index in [1.807, 2.05) is 12.1 Å². The molecule has 1 N–H and O–H groups in total. The molecule has 1 atom stereocenters. The number of hydrogen-bond acceptors (Lipinski definition) is 5. The molecule has 0 saturated carbocycles. The Hall–Kier alpha value is -3.12. The lowest BCUT2D eigenvalue weighted by Gasteiger charge is -2.09. The maximum atomic E-state index is 12.1. The van der Waals surface area contributed by atoms with Crippen LogP contribution in [0.3, 0.4) is 0 Å². The quantitative estimate of drug-likeness (QED) is 0.422. The van der Waals surface area contributed by atoms with Crippen molar-refractivity contribution in [2.24, 2.45) is 5.92 Å². The standard InChI is InChI=1S/C19H20N2O4/c1-3-4-7-17(22)16(13-20)19(24)21-15-11-9-14(10-12-15)6-5-8-18(23)25-2/h1,9-12,16H,4-8H2,2H3,(H,21,24). The van der Waals surface area contributed by atoms with Crippen LogP contribution in [-0.4, -0.2) is 24.8 Å². The number of methoxy groups -OCH3 is 1. The van der Waals surface area contributed by atoms with Crippen LogP contribution in [0.4, 0.5) is 5.69 Å². The Labute approximate surface area is 147 Å². The van der Waals surface area contributed by atoms with Crippen LogP contribution >= 0.6 is 0 Å². The molecule has 0 radical (unpaired) electrons. The highest BCUT2D eigenvalue weighted by Gasteiger charge is 2.25. The zero-order valence-corrected chi connectivity index (χ0v) is 14.1. The van der Waals surface area contributed by atoms with E-state index in [1.165, 1.54) is 7.11 Å². The van der Waals surface area contributed by atoms with Crippen molar-refractivity contribution in [3.05, 3.63) is 29.8 Å². The average Bonchev–Trinajstić information content (AvgIpc) is 2.61.